The summed E-state index contributed by atoms with van der Waals surface area (Å²) in [5.41, 5.74) is -0.603. The van der Waals surface area contributed by atoms with E-state index in [-0.39, 0.29) is 12.6 Å². The minimum atomic E-state index is -4.42. The Morgan fingerprint density at radius 3 is 2.42 bits per heavy atom. The van der Waals surface area contributed by atoms with Crippen molar-refractivity contribution in [3.05, 3.63) is 0 Å². The lowest BCUT2D eigenvalue weighted by Crippen LogP contribution is -2.51. The molecule has 0 aromatic heterocycles. The molecule has 0 radical (unpaired) electrons. The fourth-order valence-corrected chi connectivity index (χ4v) is 2.45. The average molecular weight is 353 g/mol. The van der Waals surface area contributed by atoms with Gasteiger partial charge in [-0.25, -0.2) is 4.79 Å². The summed E-state index contributed by atoms with van der Waals surface area (Å²) < 4.78 is 41.5. The van der Waals surface area contributed by atoms with Gasteiger partial charge in [0.15, 0.2) is 0 Å². The summed E-state index contributed by atoms with van der Waals surface area (Å²) in [6, 6.07) is -0.0945. The zero-order valence-electron chi connectivity index (χ0n) is 14.3. The molecule has 24 heavy (non-hydrogen) atoms. The van der Waals surface area contributed by atoms with Crippen molar-refractivity contribution in [1.29, 1.82) is 0 Å². The maximum atomic E-state index is 12.1. The van der Waals surface area contributed by atoms with Gasteiger partial charge in [-0.2, -0.15) is 13.2 Å². The Morgan fingerprint density at radius 2 is 1.83 bits per heavy atom. The van der Waals surface area contributed by atoms with Gasteiger partial charge in [0.1, 0.15) is 12.1 Å². The van der Waals surface area contributed by atoms with Crippen LogP contribution in [0, 0.1) is 0 Å². The van der Waals surface area contributed by atoms with Gasteiger partial charge in [-0.3, -0.25) is 9.69 Å². The molecule has 0 unspecified atom stereocenters. The molecule has 0 aromatic carbocycles. The smallest absolute Gasteiger partial charge is 0.407 e. The average Bonchev–Trinajstić information content (AvgIpc) is 2.42. The molecule has 0 saturated carbocycles. The Hall–Kier alpha value is -1.51. The number of piperidine rings is 1. The number of alkyl halides is 3. The van der Waals surface area contributed by atoms with E-state index >= 15 is 0 Å². The highest BCUT2D eigenvalue weighted by molar-refractivity contribution is 5.78. The van der Waals surface area contributed by atoms with Crippen LogP contribution in [0.15, 0.2) is 0 Å². The van der Waals surface area contributed by atoms with Gasteiger partial charge < -0.3 is 15.4 Å². The topological polar surface area (TPSA) is 70.7 Å². The molecule has 1 fully saturated rings. The first kappa shape index (κ1) is 20.5. The number of hydrogen-bond donors (Lipinski definition) is 2. The quantitative estimate of drug-likeness (QED) is 0.794. The molecule has 0 bridgehead atoms. The second kappa shape index (κ2) is 8.55. The number of alkyl carbamates (subject to hydrolysis) is 1. The molecule has 1 heterocycles. The van der Waals surface area contributed by atoms with Crippen molar-refractivity contribution in [2.24, 2.45) is 0 Å². The SMILES string of the molecule is CC(C)(C)OC(=O)NC[C@@H]1CCCCN1CC(=O)NCC(F)(F)F. The minimum absolute atomic E-state index is 0.0945. The minimum Gasteiger partial charge on any atom is -0.444 e. The molecule has 1 atom stereocenters. The fraction of sp³-hybridized carbons (Fsp3) is 0.867. The van der Waals surface area contributed by atoms with Gasteiger partial charge >= 0.3 is 12.3 Å². The highest BCUT2D eigenvalue weighted by atomic mass is 19.4. The van der Waals surface area contributed by atoms with Crippen LogP contribution in [-0.4, -0.2) is 60.9 Å². The Balaban J connectivity index is 2.44. The molecule has 140 valence electrons. The van der Waals surface area contributed by atoms with E-state index in [0.29, 0.717) is 13.1 Å². The first-order valence-corrected chi connectivity index (χ1v) is 8.00. The monoisotopic (exact) mass is 353 g/mol. The normalized spacial score (nSPS) is 19.7. The van der Waals surface area contributed by atoms with Crippen molar-refractivity contribution in [2.45, 2.75) is 57.9 Å². The third kappa shape index (κ3) is 8.95. The van der Waals surface area contributed by atoms with E-state index in [0.717, 1.165) is 19.3 Å². The lowest BCUT2D eigenvalue weighted by atomic mass is 10.0. The number of rotatable bonds is 5. The molecular weight excluding hydrogens is 327 g/mol. The van der Waals surface area contributed by atoms with Crippen LogP contribution in [0.1, 0.15) is 40.0 Å². The van der Waals surface area contributed by atoms with Gasteiger partial charge in [0, 0.05) is 12.6 Å². The maximum absolute atomic E-state index is 12.1. The van der Waals surface area contributed by atoms with Crippen LogP contribution in [0.5, 0.6) is 0 Å². The van der Waals surface area contributed by atoms with Crippen molar-refractivity contribution < 1.29 is 27.5 Å². The number of hydrogen-bond acceptors (Lipinski definition) is 4. The molecule has 0 spiro atoms. The lowest BCUT2D eigenvalue weighted by Gasteiger charge is -2.35. The molecule has 2 N–H and O–H groups in total. The van der Waals surface area contributed by atoms with Crippen molar-refractivity contribution in [3.8, 4) is 0 Å². The Labute approximate surface area is 140 Å². The van der Waals surface area contributed by atoms with E-state index in [1.165, 1.54) is 0 Å². The van der Waals surface area contributed by atoms with Crippen LogP contribution < -0.4 is 10.6 Å². The first-order valence-electron chi connectivity index (χ1n) is 8.00. The second-order valence-electron chi connectivity index (χ2n) is 6.89. The number of nitrogens with zero attached hydrogens (tertiary/aromatic N) is 1. The highest BCUT2D eigenvalue weighted by Gasteiger charge is 2.29. The van der Waals surface area contributed by atoms with Crippen LogP contribution in [0.25, 0.3) is 0 Å². The molecule has 0 aliphatic carbocycles. The van der Waals surface area contributed by atoms with Crippen LogP contribution >= 0.6 is 0 Å². The summed E-state index contributed by atoms with van der Waals surface area (Å²) in [4.78, 5) is 25.1. The van der Waals surface area contributed by atoms with Gasteiger partial charge in [0.2, 0.25) is 5.91 Å². The van der Waals surface area contributed by atoms with Gasteiger partial charge in [-0.1, -0.05) is 6.42 Å². The highest BCUT2D eigenvalue weighted by Crippen LogP contribution is 2.17. The van der Waals surface area contributed by atoms with E-state index in [4.69, 9.17) is 4.74 Å². The largest absolute Gasteiger partial charge is 0.444 e. The van der Waals surface area contributed by atoms with Crippen molar-refractivity contribution in [2.75, 3.05) is 26.2 Å². The third-order valence-electron chi connectivity index (χ3n) is 3.46. The standard InChI is InChI=1S/C15H26F3N3O3/c1-14(2,3)24-13(23)19-8-11-6-4-5-7-21(11)9-12(22)20-10-15(16,17)18/h11H,4-10H2,1-3H3,(H,19,23)(H,20,22)/t11-/m0/s1. The number of carbonyl (C=O) groups is 2. The molecule has 1 rings (SSSR count). The number of halogens is 3. The Bertz CT molecular complexity index is 436. The molecule has 9 heteroatoms. The van der Waals surface area contributed by atoms with Crippen LogP contribution in [0.2, 0.25) is 0 Å². The second-order valence-corrected chi connectivity index (χ2v) is 6.89. The number of ether oxygens (including phenoxy) is 1. The Morgan fingerprint density at radius 1 is 1.17 bits per heavy atom. The third-order valence-corrected chi connectivity index (χ3v) is 3.46. The number of carbonyl (C=O) groups excluding carboxylic acids is 2. The summed E-state index contributed by atoms with van der Waals surface area (Å²) in [5.74, 6) is -0.670. The van der Waals surface area contributed by atoms with E-state index in [1.54, 1.807) is 25.7 Å². The molecule has 0 aromatic rings. The van der Waals surface area contributed by atoms with Crippen molar-refractivity contribution in [3.63, 3.8) is 0 Å². The molecule has 2 amide bonds. The number of amides is 2. The van der Waals surface area contributed by atoms with Gasteiger partial charge in [-0.15, -0.1) is 0 Å². The van der Waals surface area contributed by atoms with E-state index in [9.17, 15) is 22.8 Å². The summed E-state index contributed by atoms with van der Waals surface area (Å²) in [6.45, 7) is 4.72. The first-order chi connectivity index (χ1) is 11.0. The summed E-state index contributed by atoms with van der Waals surface area (Å²) >= 11 is 0. The van der Waals surface area contributed by atoms with Crippen LogP contribution in [0.3, 0.4) is 0 Å². The molecule has 1 aliphatic heterocycles. The van der Waals surface area contributed by atoms with Crippen molar-refractivity contribution >= 4 is 12.0 Å². The zero-order chi connectivity index (χ0) is 18.4. The molecule has 6 nitrogen and oxygen atoms in total. The van der Waals surface area contributed by atoms with E-state index in [1.807, 2.05) is 5.32 Å². The fourth-order valence-electron chi connectivity index (χ4n) is 2.45. The summed E-state index contributed by atoms with van der Waals surface area (Å²) in [6.07, 6.45) is -2.39. The van der Waals surface area contributed by atoms with E-state index < -0.39 is 30.3 Å². The van der Waals surface area contributed by atoms with Gasteiger partial charge in [0.05, 0.1) is 6.54 Å². The predicted octanol–water partition coefficient (Wildman–Crippen LogP) is 2.04. The van der Waals surface area contributed by atoms with Gasteiger partial charge in [-0.05, 0) is 40.2 Å². The van der Waals surface area contributed by atoms with Crippen LogP contribution in [-0.2, 0) is 9.53 Å². The molecule has 1 saturated heterocycles. The lowest BCUT2D eigenvalue weighted by molar-refractivity contribution is -0.139. The van der Waals surface area contributed by atoms with E-state index in [2.05, 4.69) is 5.32 Å². The summed E-state index contributed by atoms with van der Waals surface area (Å²) in [5, 5.41) is 4.52. The maximum Gasteiger partial charge on any atom is 0.407 e. The van der Waals surface area contributed by atoms with Gasteiger partial charge in [0.25, 0.3) is 0 Å². The van der Waals surface area contributed by atoms with Crippen LogP contribution in [0.4, 0.5) is 18.0 Å². The molecular formula is C15H26F3N3O3. The summed E-state index contributed by atoms with van der Waals surface area (Å²) in [7, 11) is 0. The number of nitrogens with one attached hydrogen (secondary N) is 2. The Kier molecular flexibility index (Phi) is 7.31. The predicted molar refractivity (Wildman–Crippen MR) is 82.5 cm³/mol. The molecule has 1 aliphatic rings. The van der Waals surface area contributed by atoms with Crippen molar-refractivity contribution in [1.82, 2.24) is 15.5 Å². The zero-order valence-corrected chi connectivity index (χ0v) is 14.3. The number of likely N-dealkylation sites (tertiary alicyclic amines) is 1.